The molecule has 0 aliphatic heterocycles. The summed E-state index contributed by atoms with van der Waals surface area (Å²) in [5.74, 6) is 0.374. The van der Waals surface area contributed by atoms with Gasteiger partial charge >= 0.3 is 5.97 Å². The van der Waals surface area contributed by atoms with E-state index in [1.807, 2.05) is 13.8 Å². The molecule has 0 spiro atoms. The van der Waals surface area contributed by atoms with Gasteiger partial charge in [-0.3, -0.25) is 4.79 Å². The van der Waals surface area contributed by atoms with Crippen LogP contribution in [-0.4, -0.2) is 32.1 Å². The maximum Gasteiger partial charge on any atom is 0.373 e. The summed E-state index contributed by atoms with van der Waals surface area (Å²) in [6.07, 6.45) is 0. The van der Waals surface area contributed by atoms with Gasteiger partial charge in [0.15, 0.2) is 0 Å². The Morgan fingerprint density at radius 1 is 1.32 bits per heavy atom. The molecule has 0 saturated heterocycles. The Kier molecular flexibility index (Phi) is 6.08. The molecular weight excluding hydrogens is 248 g/mol. The molecular formula is C13H20N2O4. The van der Waals surface area contributed by atoms with E-state index in [1.165, 1.54) is 7.11 Å². The van der Waals surface area contributed by atoms with Crippen LogP contribution >= 0.6 is 0 Å². The van der Waals surface area contributed by atoms with E-state index in [0.29, 0.717) is 25.4 Å². The third kappa shape index (κ3) is 5.13. The summed E-state index contributed by atoms with van der Waals surface area (Å²) < 4.78 is 9.82. The van der Waals surface area contributed by atoms with Gasteiger partial charge in [-0.05, 0) is 12.1 Å². The zero-order valence-corrected chi connectivity index (χ0v) is 11.5. The molecule has 0 bridgehead atoms. The first kappa shape index (κ1) is 15.2. The predicted molar refractivity (Wildman–Crippen MR) is 69.6 cm³/mol. The van der Waals surface area contributed by atoms with E-state index in [9.17, 15) is 9.59 Å². The lowest BCUT2D eigenvalue weighted by Gasteiger charge is -2.07. The Hall–Kier alpha value is -1.82. The molecule has 106 valence electrons. The van der Waals surface area contributed by atoms with Gasteiger partial charge in [0.1, 0.15) is 5.76 Å². The van der Waals surface area contributed by atoms with Gasteiger partial charge in [-0.1, -0.05) is 13.8 Å². The normalized spacial score (nSPS) is 10.5. The summed E-state index contributed by atoms with van der Waals surface area (Å²) in [6, 6.07) is 3.29. The lowest BCUT2D eigenvalue weighted by atomic mass is 10.2. The number of furan rings is 1. The molecule has 0 saturated carbocycles. The molecule has 0 unspecified atom stereocenters. The van der Waals surface area contributed by atoms with Crippen molar-refractivity contribution in [2.75, 3.05) is 20.2 Å². The number of amides is 1. The lowest BCUT2D eigenvalue weighted by Crippen LogP contribution is -2.34. The maximum atomic E-state index is 11.3. The smallest absolute Gasteiger partial charge is 0.373 e. The van der Waals surface area contributed by atoms with Gasteiger partial charge in [0.2, 0.25) is 11.7 Å². The van der Waals surface area contributed by atoms with Crippen LogP contribution in [0.5, 0.6) is 0 Å². The third-order valence-electron chi connectivity index (χ3n) is 2.47. The highest BCUT2D eigenvalue weighted by Gasteiger charge is 2.10. The van der Waals surface area contributed by atoms with E-state index in [0.717, 1.165) is 0 Å². The number of nitrogens with one attached hydrogen (secondary N) is 2. The van der Waals surface area contributed by atoms with Crippen LogP contribution in [0, 0.1) is 5.92 Å². The molecule has 1 aromatic rings. The van der Waals surface area contributed by atoms with Crippen molar-refractivity contribution in [3.8, 4) is 0 Å². The first-order valence-corrected chi connectivity index (χ1v) is 6.20. The summed E-state index contributed by atoms with van der Waals surface area (Å²) in [6.45, 7) is 5.38. The molecule has 19 heavy (non-hydrogen) atoms. The van der Waals surface area contributed by atoms with Gasteiger partial charge in [-0.15, -0.1) is 0 Å². The van der Waals surface area contributed by atoms with Crippen molar-refractivity contribution in [1.29, 1.82) is 0 Å². The van der Waals surface area contributed by atoms with E-state index in [1.54, 1.807) is 12.1 Å². The second kappa shape index (κ2) is 7.58. The minimum absolute atomic E-state index is 0.00677. The van der Waals surface area contributed by atoms with Crippen molar-refractivity contribution in [3.05, 3.63) is 23.7 Å². The molecule has 0 atom stereocenters. The Balaban J connectivity index is 2.21. The van der Waals surface area contributed by atoms with Crippen molar-refractivity contribution in [1.82, 2.24) is 10.6 Å². The maximum absolute atomic E-state index is 11.3. The van der Waals surface area contributed by atoms with Crippen LogP contribution in [0.2, 0.25) is 0 Å². The molecule has 0 radical (unpaired) electrons. The van der Waals surface area contributed by atoms with Crippen LogP contribution in [0.3, 0.4) is 0 Å². The number of methoxy groups -OCH3 is 1. The minimum atomic E-state index is -0.490. The number of hydrogen-bond donors (Lipinski definition) is 2. The molecule has 0 aromatic carbocycles. The Morgan fingerprint density at radius 2 is 2.05 bits per heavy atom. The zero-order valence-electron chi connectivity index (χ0n) is 11.5. The Morgan fingerprint density at radius 3 is 2.68 bits per heavy atom. The van der Waals surface area contributed by atoms with Gasteiger partial charge in [-0.2, -0.15) is 0 Å². The van der Waals surface area contributed by atoms with Gasteiger partial charge in [0.05, 0.1) is 13.7 Å². The molecule has 6 nitrogen and oxygen atoms in total. The van der Waals surface area contributed by atoms with Crippen LogP contribution in [0.4, 0.5) is 0 Å². The summed E-state index contributed by atoms with van der Waals surface area (Å²) >= 11 is 0. The Bertz CT molecular complexity index is 426. The number of carbonyl (C=O) groups is 2. The number of ether oxygens (including phenoxy) is 1. The highest BCUT2D eigenvalue weighted by molar-refractivity contribution is 5.86. The minimum Gasteiger partial charge on any atom is -0.463 e. The van der Waals surface area contributed by atoms with Crippen molar-refractivity contribution >= 4 is 11.9 Å². The fourth-order valence-electron chi connectivity index (χ4n) is 1.37. The van der Waals surface area contributed by atoms with E-state index in [2.05, 4.69) is 15.4 Å². The molecule has 1 aromatic heterocycles. The Labute approximate surface area is 112 Å². The zero-order chi connectivity index (χ0) is 14.3. The number of hydrogen-bond acceptors (Lipinski definition) is 5. The topological polar surface area (TPSA) is 80.6 Å². The molecule has 0 aliphatic carbocycles. The van der Waals surface area contributed by atoms with Gasteiger partial charge in [-0.25, -0.2) is 4.79 Å². The van der Waals surface area contributed by atoms with Crippen molar-refractivity contribution in [3.63, 3.8) is 0 Å². The lowest BCUT2D eigenvalue weighted by molar-refractivity contribution is -0.123. The molecule has 0 aliphatic rings. The van der Waals surface area contributed by atoms with E-state index < -0.39 is 5.97 Å². The van der Waals surface area contributed by atoms with E-state index in [-0.39, 0.29) is 17.6 Å². The first-order chi connectivity index (χ1) is 9.04. The highest BCUT2D eigenvalue weighted by Crippen LogP contribution is 2.08. The first-order valence-electron chi connectivity index (χ1n) is 6.20. The van der Waals surface area contributed by atoms with Gasteiger partial charge in [0, 0.05) is 19.0 Å². The van der Waals surface area contributed by atoms with Gasteiger partial charge in [0.25, 0.3) is 0 Å². The summed E-state index contributed by atoms with van der Waals surface area (Å²) in [5.41, 5.74) is 0. The SMILES string of the molecule is COC(=O)c1ccc(CNCCNC(=O)C(C)C)o1. The number of esters is 1. The molecule has 2 N–H and O–H groups in total. The molecule has 1 amide bonds. The fraction of sp³-hybridized carbons (Fsp3) is 0.538. The van der Waals surface area contributed by atoms with Gasteiger partial charge < -0.3 is 19.8 Å². The van der Waals surface area contributed by atoms with Crippen molar-refractivity contribution in [2.45, 2.75) is 20.4 Å². The van der Waals surface area contributed by atoms with Crippen LogP contribution < -0.4 is 10.6 Å². The predicted octanol–water partition coefficient (Wildman–Crippen LogP) is 0.928. The highest BCUT2D eigenvalue weighted by atomic mass is 16.5. The number of carbonyl (C=O) groups excluding carboxylic acids is 2. The standard InChI is InChI=1S/C13H20N2O4/c1-9(2)12(16)15-7-6-14-8-10-4-5-11(19-10)13(17)18-3/h4-5,9,14H,6-8H2,1-3H3,(H,15,16). The van der Waals surface area contributed by atoms with E-state index in [4.69, 9.17) is 4.42 Å². The van der Waals surface area contributed by atoms with Crippen LogP contribution in [0.1, 0.15) is 30.2 Å². The largest absolute Gasteiger partial charge is 0.463 e. The van der Waals surface area contributed by atoms with Crippen molar-refractivity contribution < 1.29 is 18.7 Å². The second-order valence-corrected chi connectivity index (χ2v) is 4.38. The van der Waals surface area contributed by atoms with E-state index >= 15 is 0 Å². The molecule has 1 heterocycles. The second-order valence-electron chi connectivity index (χ2n) is 4.38. The third-order valence-corrected chi connectivity index (χ3v) is 2.47. The summed E-state index contributed by atoms with van der Waals surface area (Å²) in [4.78, 5) is 22.4. The van der Waals surface area contributed by atoms with Crippen molar-refractivity contribution in [2.24, 2.45) is 5.92 Å². The number of rotatable bonds is 7. The summed E-state index contributed by atoms with van der Waals surface area (Å²) in [7, 11) is 1.31. The van der Waals surface area contributed by atoms with Crippen LogP contribution in [-0.2, 0) is 16.1 Å². The van der Waals surface area contributed by atoms with Crippen LogP contribution in [0.15, 0.2) is 16.5 Å². The van der Waals surface area contributed by atoms with Crippen LogP contribution in [0.25, 0.3) is 0 Å². The quantitative estimate of drug-likeness (QED) is 0.568. The average molecular weight is 268 g/mol. The summed E-state index contributed by atoms with van der Waals surface area (Å²) in [5, 5.41) is 5.90. The molecule has 0 fully saturated rings. The monoisotopic (exact) mass is 268 g/mol. The molecule has 1 rings (SSSR count). The molecule has 6 heteroatoms. The fourth-order valence-corrected chi connectivity index (χ4v) is 1.37. The average Bonchev–Trinajstić information content (AvgIpc) is 2.85.